The van der Waals surface area contributed by atoms with Crippen LogP contribution < -0.4 is 4.74 Å². The quantitative estimate of drug-likeness (QED) is 0.721. The maximum atomic E-state index is 13.1. The van der Waals surface area contributed by atoms with Crippen LogP contribution in [-0.4, -0.2) is 39.6 Å². The minimum Gasteiger partial charge on any atom is -0.490 e. The number of ether oxygens (including phenoxy) is 1. The molecule has 154 valence electrons. The Hall–Kier alpha value is -1.82. The standard InChI is InChI=1S/C22H24Cl2N2O3/c23-17-7-4-14(11-18(17)24)12-21(27)26-10-2-1-3-19(26)22(28)16-13-25-9-8-20(16)29-15-5-6-15/h4,7-9,11,13,15,19,22,28H,1-3,5-6,10,12H2/t19-,22+/m1/s1. The Morgan fingerprint density at radius 3 is 2.79 bits per heavy atom. The van der Waals surface area contributed by atoms with Gasteiger partial charge in [-0.1, -0.05) is 29.3 Å². The van der Waals surface area contributed by atoms with Crippen LogP contribution in [0.2, 0.25) is 10.0 Å². The van der Waals surface area contributed by atoms with E-state index in [1.807, 2.05) is 6.07 Å². The van der Waals surface area contributed by atoms with Gasteiger partial charge in [0, 0.05) is 24.5 Å². The Balaban J connectivity index is 1.52. The molecular formula is C22H24Cl2N2O3. The average Bonchev–Trinajstić information content (AvgIpc) is 3.55. The third kappa shape index (κ3) is 4.85. The molecule has 0 unspecified atom stereocenters. The van der Waals surface area contributed by atoms with Crippen molar-refractivity contribution in [3.05, 3.63) is 57.8 Å². The zero-order valence-corrected chi connectivity index (χ0v) is 17.6. The number of carbonyl (C=O) groups excluding carboxylic acids is 1. The van der Waals surface area contributed by atoms with Crippen molar-refractivity contribution < 1.29 is 14.6 Å². The van der Waals surface area contributed by atoms with Crippen LogP contribution in [0.1, 0.15) is 49.3 Å². The van der Waals surface area contributed by atoms with E-state index in [4.69, 9.17) is 27.9 Å². The van der Waals surface area contributed by atoms with Gasteiger partial charge in [0.1, 0.15) is 11.9 Å². The fourth-order valence-electron chi connectivity index (χ4n) is 3.82. The smallest absolute Gasteiger partial charge is 0.227 e. The van der Waals surface area contributed by atoms with E-state index in [1.165, 1.54) is 0 Å². The molecule has 1 saturated carbocycles. The molecule has 1 aliphatic carbocycles. The van der Waals surface area contributed by atoms with E-state index in [2.05, 4.69) is 4.98 Å². The molecule has 1 N–H and O–H groups in total. The van der Waals surface area contributed by atoms with Gasteiger partial charge in [0.2, 0.25) is 5.91 Å². The fraction of sp³-hybridized carbons (Fsp3) is 0.455. The second kappa shape index (κ2) is 8.90. The Morgan fingerprint density at radius 1 is 1.21 bits per heavy atom. The number of aliphatic hydroxyl groups excluding tert-OH is 1. The van der Waals surface area contributed by atoms with Crippen LogP contribution in [0.4, 0.5) is 0 Å². The summed E-state index contributed by atoms with van der Waals surface area (Å²) in [6, 6.07) is 6.72. The van der Waals surface area contributed by atoms with Gasteiger partial charge >= 0.3 is 0 Å². The first-order valence-electron chi connectivity index (χ1n) is 10.0. The van der Waals surface area contributed by atoms with Crippen LogP contribution in [-0.2, 0) is 11.2 Å². The first kappa shape index (κ1) is 20.5. The van der Waals surface area contributed by atoms with Gasteiger partial charge in [-0.3, -0.25) is 9.78 Å². The lowest BCUT2D eigenvalue weighted by Gasteiger charge is -2.39. The van der Waals surface area contributed by atoms with Crippen LogP contribution in [0.5, 0.6) is 5.75 Å². The van der Waals surface area contributed by atoms with Crippen LogP contribution in [0.3, 0.4) is 0 Å². The van der Waals surface area contributed by atoms with E-state index in [-0.39, 0.29) is 24.5 Å². The van der Waals surface area contributed by atoms with Gasteiger partial charge in [0.05, 0.1) is 28.6 Å². The molecular weight excluding hydrogens is 411 g/mol. The van der Waals surface area contributed by atoms with Gasteiger partial charge in [-0.05, 0) is 55.9 Å². The summed E-state index contributed by atoms with van der Waals surface area (Å²) in [7, 11) is 0. The first-order chi connectivity index (χ1) is 14.0. The van der Waals surface area contributed by atoms with Crippen LogP contribution >= 0.6 is 23.2 Å². The van der Waals surface area contributed by atoms with E-state index >= 15 is 0 Å². The molecule has 7 heteroatoms. The molecule has 5 nitrogen and oxygen atoms in total. The number of hydrogen-bond donors (Lipinski definition) is 1. The van der Waals surface area contributed by atoms with Crippen molar-refractivity contribution in [2.45, 2.75) is 56.8 Å². The predicted octanol–water partition coefficient (Wildman–Crippen LogP) is 4.59. The molecule has 1 saturated heterocycles. The Morgan fingerprint density at radius 2 is 2.03 bits per heavy atom. The number of amides is 1. The number of benzene rings is 1. The number of carbonyl (C=O) groups is 1. The number of hydrogen-bond acceptors (Lipinski definition) is 4. The fourth-order valence-corrected chi connectivity index (χ4v) is 4.14. The summed E-state index contributed by atoms with van der Waals surface area (Å²) in [5, 5.41) is 12.1. The van der Waals surface area contributed by atoms with Crippen molar-refractivity contribution in [3.63, 3.8) is 0 Å². The molecule has 0 radical (unpaired) electrons. The third-order valence-electron chi connectivity index (χ3n) is 5.52. The Labute approximate surface area is 180 Å². The highest BCUT2D eigenvalue weighted by molar-refractivity contribution is 6.42. The zero-order chi connectivity index (χ0) is 20.4. The first-order valence-corrected chi connectivity index (χ1v) is 10.8. The number of likely N-dealkylation sites (tertiary alicyclic amines) is 1. The summed E-state index contributed by atoms with van der Waals surface area (Å²) in [5.74, 6) is 0.637. The van der Waals surface area contributed by atoms with E-state index < -0.39 is 6.10 Å². The summed E-state index contributed by atoms with van der Waals surface area (Å²) in [4.78, 5) is 19.0. The molecule has 29 heavy (non-hydrogen) atoms. The lowest BCUT2D eigenvalue weighted by molar-refractivity contribution is -0.137. The summed E-state index contributed by atoms with van der Waals surface area (Å²) in [5.41, 5.74) is 1.46. The van der Waals surface area contributed by atoms with Gasteiger partial charge in [-0.25, -0.2) is 0 Å². The maximum absolute atomic E-state index is 13.1. The normalized spacial score (nSPS) is 20.4. The molecule has 4 rings (SSSR count). The molecule has 2 aliphatic rings. The maximum Gasteiger partial charge on any atom is 0.227 e. The van der Waals surface area contributed by atoms with Crippen molar-refractivity contribution in [2.75, 3.05) is 6.54 Å². The van der Waals surface area contributed by atoms with E-state index in [0.717, 1.165) is 37.7 Å². The predicted molar refractivity (Wildman–Crippen MR) is 112 cm³/mol. The van der Waals surface area contributed by atoms with Crippen LogP contribution in [0, 0.1) is 0 Å². The van der Waals surface area contributed by atoms with Gasteiger partial charge in [-0.15, -0.1) is 0 Å². The summed E-state index contributed by atoms with van der Waals surface area (Å²) in [6.45, 7) is 0.626. The number of nitrogens with zero attached hydrogens (tertiary/aromatic N) is 2. The van der Waals surface area contributed by atoms with Crippen molar-refractivity contribution >= 4 is 29.1 Å². The minimum absolute atomic E-state index is 0.0271. The lowest BCUT2D eigenvalue weighted by Crippen LogP contribution is -2.47. The van der Waals surface area contributed by atoms with Crippen molar-refractivity contribution in [2.24, 2.45) is 0 Å². The van der Waals surface area contributed by atoms with E-state index in [0.29, 0.717) is 27.9 Å². The minimum atomic E-state index is -0.837. The summed E-state index contributed by atoms with van der Waals surface area (Å²) >= 11 is 12.1. The largest absolute Gasteiger partial charge is 0.490 e. The molecule has 2 aromatic rings. The monoisotopic (exact) mass is 434 g/mol. The molecule has 1 aliphatic heterocycles. The van der Waals surface area contributed by atoms with Gasteiger partial charge in [0.25, 0.3) is 0 Å². The van der Waals surface area contributed by atoms with E-state index in [1.54, 1.807) is 35.5 Å². The summed E-state index contributed by atoms with van der Waals surface area (Å²) in [6.07, 6.45) is 7.64. The summed E-state index contributed by atoms with van der Waals surface area (Å²) < 4.78 is 5.95. The highest BCUT2D eigenvalue weighted by atomic mass is 35.5. The van der Waals surface area contributed by atoms with Crippen molar-refractivity contribution in [1.29, 1.82) is 0 Å². The number of piperidine rings is 1. The van der Waals surface area contributed by atoms with Gasteiger partial charge < -0.3 is 14.7 Å². The Bertz CT molecular complexity index is 888. The highest BCUT2D eigenvalue weighted by Crippen LogP contribution is 2.36. The number of halogens is 2. The number of aliphatic hydroxyl groups is 1. The van der Waals surface area contributed by atoms with Crippen molar-refractivity contribution in [1.82, 2.24) is 9.88 Å². The molecule has 0 bridgehead atoms. The highest BCUT2D eigenvalue weighted by Gasteiger charge is 2.35. The zero-order valence-electron chi connectivity index (χ0n) is 16.1. The molecule has 0 spiro atoms. The molecule has 1 aromatic carbocycles. The molecule has 1 amide bonds. The second-order valence-electron chi connectivity index (χ2n) is 7.75. The van der Waals surface area contributed by atoms with E-state index in [9.17, 15) is 9.90 Å². The third-order valence-corrected chi connectivity index (χ3v) is 6.26. The number of pyridine rings is 1. The number of rotatable bonds is 6. The lowest BCUT2D eigenvalue weighted by atomic mass is 9.92. The second-order valence-corrected chi connectivity index (χ2v) is 8.57. The molecule has 1 aromatic heterocycles. The van der Waals surface area contributed by atoms with Gasteiger partial charge in [0.15, 0.2) is 0 Å². The molecule has 2 heterocycles. The van der Waals surface area contributed by atoms with Gasteiger partial charge in [-0.2, -0.15) is 0 Å². The SMILES string of the molecule is O=C(Cc1ccc(Cl)c(Cl)c1)N1CCCC[C@@H]1[C@@H](O)c1cnccc1OC1CC1. The van der Waals surface area contributed by atoms with Crippen molar-refractivity contribution in [3.8, 4) is 5.75 Å². The van der Waals surface area contributed by atoms with Crippen LogP contribution in [0.25, 0.3) is 0 Å². The average molecular weight is 435 g/mol. The molecule has 2 atom stereocenters. The topological polar surface area (TPSA) is 62.7 Å². The van der Waals surface area contributed by atoms with Crippen LogP contribution in [0.15, 0.2) is 36.7 Å². The Kier molecular flexibility index (Phi) is 6.28. The molecule has 2 fully saturated rings. The number of aromatic nitrogens is 1.